The first-order valence-corrected chi connectivity index (χ1v) is 7.18. The van der Waals surface area contributed by atoms with Crippen molar-refractivity contribution >= 4 is 33.3 Å². The normalized spacial score (nSPS) is 12.9. The Bertz CT molecular complexity index is 549. The van der Waals surface area contributed by atoms with Crippen LogP contribution in [-0.4, -0.2) is 22.6 Å². The van der Waals surface area contributed by atoms with Gasteiger partial charge in [0, 0.05) is 17.5 Å². The smallest absolute Gasteiger partial charge is 0.223 e. The maximum absolute atomic E-state index is 5.83. The lowest BCUT2D eigenvalue weighted by molar-refractivity contribution is 0.625. The van der Waals surface area contributed by atoms with Crippen LogP contribution >= 0.6 is 11.3 Å². The predicted molar refractivity (Wildman–Crippen MR) is 79.3 cm³/mol. The van der Waals surface area contributed by atoms with Crippen molar-refractivity contribution in [3.8, 4) is 0 Å². The van der Waals surface area contributed by atoms with Crippen molar-refractivity contribution in [3.63, 3.8) is 0 Å². The van der Waals surface area contributed by atoms with E-state index in [9.17, 15) is 0 Å². The van der Waals surface area contributed by atoms with Gasteiger partial charge in [0.15, 0.2) is 0 Å². The van der Waals surface area contributed by atoms with Crippen molar-refractivity contribution < 1.29 is 0 Å². The SMILES string of the molecule is CCC(C)N(CC)c1nc(N)nc2sc(C)cc12. The molecule has 5 heteroatoms. The maximum atomic E-state index is 5.83. The molecule has 0 saturated carbocycles. The zero-order chi connectivity index (χ0) is 13.3. The van der Waals surface area contributed by atoms with Crippen LogP contribution in [0, 0.1) is 6.92 Å². The highest BCUT2D eigenvalue weighted by Crippen LogP contribution is 2.32. The number of fused-ring (bicyclic) bond motifs is 1. The molecule has 1 unspecified atom stereocenters. The Morgan fingerprint density at radius 1 is 1.39 bits per heavy atom. The molecular formula is C13H20N4S. The first-order chi connectivity index (χ1) is 8.56. The van der Waals surface area contributed by atoms with E-state index in [1.54, 1.807) is 11.3 Å². The summed E-state index contributed by atoms with van der Waals surface area (Å²) in [6.07, 6.45) is 1.09. The highest BCUT2D eigenvalue weighted by atomic mass is 32.1. The molecule has 0 saturated heterocycles. The standard InChI is InChI=1S/C13H20N4S/c1-5-8(3)17(6-2)11-10-7-9(4)18-12(10)16-13(14)15-11/h7-8H,5-6H2,1-4H3,(H2,14,15,16). The lowest BCUT2D eigenvalue weighted by Gasteiger charge is -2.28. The Morgan fingerprint density at radius 3 is 2.72 bits per heavy atom. The van der Waals surface area contributed by atoms with Gasteiger partial charge in [-0.1, -0.05) is 6.92 Å². The maximum Gasteiger partial charge on any atom is 0.223 e. The molecule has 2 aromatic rings. The van der Waals surface area contributed by atoms with E-state index in [2.05, 4.69) is 48.6 Å². The van der Waals surface area contributed by atoms with Gasteiger partial charge in [0.2, 0.25) is 5.95 Å². The van der Waals surface area contributed by atoms with Crippen LogP contribution in [0.1, 0.15) is 32.1 Å². The van der Waals surface area contributed by atoms with Crippen molar-refractivity contribution in [2.24, 2.45) is 0 Å². The largest absolute Gasteiger partial charge is 0.368 e. The van der Waals surface area contributed by atoms with Crippen LogP contribution in [0.2, 0.25) is 0 Å². The number of aromatic nitrogens is 2. The number of nitrogens with two attached hydrogens (primary N) is 1. The van der Waals surface area contributed by atoms with Crippen LogP contribution in [0.3, 0.4) is 0 Å². The second kappa shape index (κ2) is 5.10. The third kappa shape index (κ3) is 2.27. The number of rotatable bonds is 4. The fourth-order valence-corrected chi connectivity index (χ4v) is 3.03. The number of nitrogen functional groups attached to an aromatic ring is 1. The number of thiophene rings is 1. The van der Waals surface area contributed by atoms with Crippen molar-refractivity contribution in [3.05, 3.63) is 10.9 Å². The molecule has 0 amide bonds. The van der Waals surface area contributed by atoms with E-state index < -0.39 is 0 Å². The topological polar surface area (TPSA) is 55.0 Å². The van der Waals surface area contributed by atoms with Crippen LogP contribution < -0.4 is 10.6 Å². The average molecular weight is 264 g/mol. The summed E-state index contributed by atoms with van der Waals surface area (Å²) in [4.78, 5) is 13.3. The van der Waals surface area contributed by atoms with Gasteiger partial charge in [-0.15, -0.1) is 11.3 Å². The zero-order valence-electron chi connectivity index (χ0n) is 11.4. The lowest BCUT2D eigenvalue weighted by Crippen LogP contribution is -2.33. The van der Waals surface area contributed by atoms with Crippen molar-refractivity contribution in [2.45, 2.75) is 40.2 Å². The minimum Gasteiger partial charge on any atom is -0.368 e. The number of aryl methyl sites for hydroxylation is 1. The molecule has 0 aliphatic rings. The van der Waals surface area contributed by atoms with Gasteiger partial charge in [-0.3, -0.25) is 0 Å². The van der Waals surface area contributed by atoms with E-state index in [1.807, 2.05) is 0 Å². The number of hydrogen-bond donors (Lipinski definition) is 1. The summed E-state index contributed by atoms with van der Waals surface area (Å²) in [6.45, 7) is 9.57. The molecule has 0 aromatic carbocycles. The molecule has 0 fully saturated rings. The number of anilines is 2. The van der Waals surface area contributed by atoms with Gasteiger partial charge in [-0.05, 0) is 33.3 Å². The second-order valence-electron chi connectivity index (χ2n) is 4.52. The summed E-state index contributed by atoms with van der Waals surface area (Å²) < 4.78 is 0. The molecule has 0 radical (unpaired) electrons. The first-order valence-electron chi connectivity index (χ1n) is 6.37. The first kappa shape index (κ1) is 13.1. The third-order valence-electron chi connectivity index (χ3n) is 3.25. The van der Waals surface area contributed by atoms with Gasteiger partial charge in [0.25, 0.3) is 0 Å². The van der Waals surface area contributed by atoms with E-state index >= 15 is 0 Å². The minimum atomic E-state index is 0.362. The molecule has 1 atom stereocenters. The zero-order valence-corrected chi connectivity index (χ0v) is 12.2. The monoisotopic (exact) mass is 264 g/mol. The van der Waals surface area contributed by atoms with Gasteiger partial charge in [0.05, 0.1) is 5.39 Å². The van der Waals surface area contributed by atoms with Gasteiger partial charge >= 0.3 is 0 Å². The molecule has 18 heavy (non-hydrogen) atoms. The Labute approximate surface area is 112 Å². The molecule has 0 bridgehead atoms. The van der Waals surface area contributed by atoms with E-state index in [1.165, 1.54) is 4.88 Å². The summed E-state index contributed by atoms with van der Waals surface area (Å²) in [5.74, 6) is 1.33. The number of nitrogens with zero attached hydrogens (tertiary/aromatic N) is 3. The second-order valence-corrected chi connectivity index (χ2v) is 5.76. The Morgan fingerprint density at radius 2 is 2.11 bits per heavy atom. The van der Waals surface area contributed by atoms with Gasteiger partial charge in [0.1, 0.15) is 10.6 Å². The average Bonchev–Trinajstić information content (AvgIpc) is 2.69. The highest BCUT2D eigenvalue weighted by Gasteiger charge is 2.18. The number of hydrogen-bond acceptors (Lipinski definition) is 5. The summed E-state index contributed by atoms with van der Waals surface area (Å²) in [5, 5.41) is 1.12. The molecule has 0 spiro atoms. The van der Waals surface area contributed by atoms with E-state index in [4.69, 9.17) is 5.73 Å². The molecular weight excluding hydrogens is 244 g/mol. The predicted octanol–water partition coefficient (Wildman–Crippen LogP) is 3.21. The molecule has 4 nitrogen and oxygen atoms in total. The summed E-state index contributed by atoms with van der Waals surface area (Å²) in [5.41, 5.74) is 5.83. The fourth-order valence-electron chi connectivity index (χ4n) is 2.15. The summed E-state index contributed by atoms with van der Waals surface area (Å²) in [6, 6.07) is 2.60. The van der Waals surface area contributed by atoms with Crippen LogP contribution in [-0.2, 0) is 0 Å². The van der Waals surface area contributed by atoms with Crippen LogP contribution in [0.5, 0.6) is 0 Å². The van der Waals surface area contributed by atoms with Crippen LogP contribution in [0.25, 0.3) is 10.2 Å². The molecule has 0 aliphatic carbocycles. The van der Waals surface area contributed by atoms with Crippen LogP contribution in [0.4, 0.5) is 11.8 Å². The Kier molecular flexibility index (Phi) is 3.71. The van der Waals surface area contributed by atoms with Gasteiger partial charge < -0.3 is 10.6 Å². The Balaban J connectivity index is 2.60. The van der Waals surface area contributed by atoms with E-state index in [-0.39, 0.29) is 0 Å². The minimum absolute atomic E-state index is 0.362. The van der Waals surface area contributed by atoms with Gasteiger partial charge in [-0.25, -0.2) is 4.98 Å². The fraction of sp³-hybridized carbons (Fsp3) is 0.538. The summed E-state index contributed by atoms with van der Waals surface area (Å²) in [7, 11) is 0. The lowest BCUT2D eigenvalue weighted by atomic mass is 10.2. The molecule has 2 aromatic heterocycles. The molecule has 2 N–H and O–H groups in total. The van der Waals surface area contributed by atoms with E-state index in [0.717, 1.165) is 29.0 Å². The van der Waals surface area contributed by atoms with Crippen molar-refractivity contribution in [1.82, 2.24) is 9.97 Å². The quantitative estimate of drug-likeness (QED) is 0.921. The Hall–Kier alpha value is -1.36. The van der Waals surface area contributed by atoms with Crippen molar-refractivity contribution in [1.29, 1.82) is 0 Å². The third-order valence-corrected chi connectivity index (χ3v) is 4.19. The highest BCUT2D eigenvalue weighted by molar-refractivity contribution is 7.18. The van der Waals surface area contributed by atoms with Crippen molar-refractivity contribution in [2.75, 3.05) is 17.2 Å². The molecule has 98 valence electrons. The van der Waals surface area contributed by atoms with E-state index in [0.29, 0.717) is 12.0 Å². The summed E-state index contributed by atoms with van der Waals surface area (Å²) >= 11 is 1.67. The van der Waals surface area contributed by atoms with Gasteiger partial charge in [-0.2, -0.15) is 4.98 Å². The molecule has 2 rings (SSSR count). The molecule has 0 aliphatic heterocycles. The van der Waals surface area contributed by atoms with Crippen LogP contribution in [0.15, 0.2) is 6.07 Å². The molecule has 2 heterocycles.